The summed E-state index contributed by atoms with van der Waals surface area (Å²) in [6.45, 7) is 2.66. The third-order valence-electron chi connectivity index (χ3n) is 4.77. The van der Waals surface area contributed by atoms with Crippen molar-refractivity contribution < 1.29 is 19.1 Å². The number of amides is 1. The lowest BCUT2D eigenvalue weighted by Gasteiger charge is -2.21. The zero-order chi connectivity index (χ0) is 22.5. The van der Waals surface area contributed by atoms with E-state index in [0.29, 0.717) is 23.0 Å². The molecule has 2 aromatic heterocycles. The quantitative estimate of drug-likeness (QED) is 0.381. The number of hydrogen-bond donors (Lipinski definition) is 0. The highest BCUT2D eigenvalue weighted by atomic mass is 32.1. The van der Waals surface area contributed by atoms with Crippen molar-refractivity contribution in [2.45, 2.75) is 13.5 Å². The number of rotatable bonds is 7. The number of anilines is 1. The Kier molecular flexibility index (Phi) is 6.42. The number of para-hydroxylation sites is 1. The molecule has 0 unspecified atom stereocenters. The third kappa shape index (κ3) is 4.31. The normalized spacial score (nSPS) is 10.7. The highest BCUT2D eigenvalue weighted by Gasteiger charge is 2.26. The molecule has 0 saturated carbocycles. The number of benzene rings is 2. The third-order valence-corrected chi connectivity index (χ3v) is 5.82. The Morgan fingerprint density at radius 1 is 1.03 bits per heavy atom. The van der Waals surface area contributed by atoms with Crippen LogP contribution in [0.1, 0.15) is 33.2 Å². The van der Waals surface area contributed by atoms with Crippen molar-refractivity contribution >= 4 is 38.6 Å². The molecule has 2 aromatic carbocycles. The van der Waals surface area contributed by atoms with Gasteiger partial charge in [-0.15, -0.1) is 0 Å². The second-order valence-electron chi connectivity index (χ2n) is 6.82. The fraction of sp³-hybridized carbons (Fsp3) is 0.167. The second-order valence-corrected chi connectivity index (χ2v) is 7.83. The molecule has 0 atom stereocenters. The minimum Gasteiger partial charge on any atom is -0.492 e. The maximum atomic E-state index is 13.7. The van der Waals surface area contributed by atoms with Gasteiger partial charge in [0.1, 0.15) is 11.3 Å². The summed E-state index contributed by atoms with van der Waals surface area (Å²) in [5.41, 5.74) is 1.97. The molecule has 0 spiro atoms. The summed E-state index contributed by atoms with van der Waals surface area (Å²) < 4.78 is 11.5. The molecule has 0 radical (unpaired) electrons. The number of thiazole rings is 1. The lowest BCUT2D eigenvalue weighted by atomic mass is 10.1. The number of carbonyl (C=O) groups excluding carboxylic acids is 2. The van der Waals surface area contributed by atoms with Gasteiger partial charge in [-0.3, -0.25) is 14.7 Å². The zero-order valence-electron chi connectivity index (χ0n) is 17.6. The summed E-state index contributed by atoms with van der Waals surface area (Å²) in [5.74, 6) is -0.263. The standard InChI is InChI=1S/C24H21N3O4S/c1-3-31-19-11-6-12-20-21(19)26-24(32-20)27(15-16-8-7-13-25-14-16)22(28)17-9-4-5-10-18(17)23(29)30-2/h4-14H,3,15H2,1-2H3. The van der Waals surface area contributed by atoms with Crippen LogP contribution >= 0.6 is 11.3 Å². The van der Waals surface area contributed by atoms with Crippen LogP contribution in [-0.2, 0) is 11.3 Å². The number of esters is 1. The van der Waals surface area contributed by atoms with Gasteiger partial charge in [0.15, 0.2) is 5.13 Å². The van der Waals surface area contributed by atoms with Gasteiger partial charge in [0, 0.05) is 12.4 Å². The van der Waals surface area contributed by atoms with Crippen LogP contribution in [0, 0.1) is 0 Å². The number of nitrogens with zero attached hydrogens (tertiary/aromatic N) is 3. The Hall–Kier alpha value is -3.78. The van der Waals surface area contributed by atoms with Gasteiger partial charge in [-0.2, -0.15) is 0 Å². The van der Waals surface area contributed by atoms with Crippen LogP contribution in [0.25, 0.3) is 10.2 Å². The summed E-state index contributed by atoms with van der Waals surface area (Å²) in [5, 5.41) is 0.501. The van der Waals surface area contributed by atoms with Crippen LogP contribution < -0.4 is 9.64 Å². The summed E-state index contributed by atoms with van der Waals surface area (Å²) in [4.78, 5) is 36.4. The zero-order valence-corrected chi connectivity index (χ0v) is 18.5. The average Bonchev–Trinajstić information content (AvgIpc) is 3.27. The van der Waals surface area contributed by atoms with Crippen LogP contribution in [0.15, 0.2) is 67.0 Å². The number of aromatic nitrogens is 2. The highest BCUT2D eigenvalue weighted by Crippen LogP contribution is 2.35. The number of hydrogen-bond acceptors (Lipinski definition) is 7. The van der Waals surface area contributed by atoms with Gasteiger partial charge < -0.3 is 9.47 Å². The number of ether oxygens (including phenoxy) is 2. The molecule has 32 heavy (non-hydrogen) atoms. The molecule has 0 saturated heterocycles. The van der Waals surface area contributed by atoms with Crippen molar-refractivity contribution in [3.63, 3.8) is 0 Å². The minimum absolute atomic E-state index is 0.201. The SMILES string of the molecule is CCOc1cccc2sc(N(Cc3cccnc3)C(=O)c3ccccc3C(=O)OC)nc12. The van der Waals surface area contributed by atoms with Gasteiger partial charge in [-0.05, 0) is 42.8 Å². The summed E-state index contributed by atoms with van der Waals surface area (Å²) in [7, 11) is 1.29. The molecule has 0 aliphatic heterocycles. The van der Waals surface area contributed by atoms with Crippen LogP contribution in [0.3, 0.4) is 0 Å². The summed E-state index contributed by atoms with van der Waals surface area (Å²) >= 11 is 1.39. The minimum atomic E-state index is -0.571. The van der Waals surface area contributed by atoms with Gasteiger partial charge >= 0.3 is 5.97 Å². The first kappa shape index (κ1) is 21.5. The van der Waals surface area contributed by atoms with Crippen molar-refractivity contribution in [2.75, 3.05) is 18.6 Å². The number of fused-ring (bicyclic) bond motifs is 1. The van der Waals surface area contributed by atoms with Crippen LogP contribution in [0.2, 0.25) is 0 Å². The van der Waals surface area contributed by atoms with E-state index in [1.54, 1.807) is 41.6 Å². The van der Waals surface area contributed by atoms with Crippen molar-refractivity contribution in [1.29, 1.82) is 0 Å². The van der Waals surface area contributed by atoms with E-state index in [1.807, 2.05) is 37.3 Å². The molecule has 0 aliphatic carbocycles. The molecule has 0 N–H and O–H groups in total. The second kappa shape index (κ2) is 9.57. The number of carbonyl (C=O) groups is 2. The first-order valence-electron chi connectivity index (χ1n) is 10.0. The molecule has 8 heteroatoms. The maximum absolute atomic E-state index is 13.7. The van der Waals surface area contributed by atoms with Gasteiger partial charge in [0.2, 0.25) is 0 Å². The molecular weight excluding hydrogens is 426 g/mol. The highest BCUT2D eigenvalue weighted by molar-refractivity contribution is 7.22. The molecule has 7 nitrogen and oxygen atoms in total. The van der Waals surface area contributed by atoms with Crippen molar-refractivity contribution in [2.24, 2.45) is 0 Å². The monoisotopic (exact) mass is 447 g/mol. The topological polar surface area (TPSA) is 81.6 Å². The molecule has 0 bridgehead atoms. The number of methoxy groups -OCH3 is 1. The largest absolute Gasteiger partial charge is 0.492 e. The van der Waals surface area contributed by atoms with Gasteiger partial charge in [-0.25, -0.2) is 9.78 Å². The molecule has 1 amide bonds. The fourth-order valence-corrected chi connectivity index (χ4v) is 4.28. The first-order chi connectivity index (χ1) is 15.6. The number of pyridine rings is 1. The Labute approximate surface area is 189 Å². The smallest absolute Gasteiger partial charge is 0.338 e. The molecule has 4 aromatic rings. The fourth-order valence-electron chi connectivity index (χ4n) is 3.30. The molecule has 4 rings (SSSR count). The lowest BCUT2D eigenvalue weighted by Crippen LogP contribution is -2.31. The van der Waals surface area contributed by atoms with E-state index in [0.717, 1.165) is 10.3 Å². The van der Waals surface area contributed by atoms with Crippen LogP contribution in [0.5, 0.6) is 5.75 Å². The first-order valence-corrected chi connectivity index (χ1v) is 10.8. The van der Waals surface area contributed by atoms with Crippen molar-refractivity contribution in [3.05, 3.63) is 83.7 Å². The van der Waals surface area contributed by atoms with E-state index in [9.17, 15) is 9.59 Å². The van der Waals surface area contributed by atoms with E-state index in [1.165, 1.54) is 18.4 Å². The molecule has 0 fully saturated rings. The van der Waals surface area contributed by atoms with Crippen molar-refractivity contribution in [1.82, 2.24) is 9.97 Å². The van der Waals surface area contributed by atoms with Crippen LogP contribution in [0.4, 0.5) is 5.13 Å². The molecular formula is C24H21N3O4S. The van der Waals surface area contributed by atoms with Gasteiger partial charge in [0.05, 0.1) is 36.1 Å². The Morgan fingerprint density at radius 2 is 1.84 bits per heavy atom. The Balaban J connectivity index is 1.82. The average molecular weight is 448 g/mol. The molecule has 0 aliphatic rings. The Morgan fingerprint density at radius 3 is 2.56 bits per heavy atom. The van der Waals surface area contributed by atoms with Crippen LogP contribution in [-0.4, -0.2) is 35.6 Å². The maximum Gasteiger partial charge on any atom is 0.338 e. The molecule has 162 valence electrons. The van der Waals surface area contributed by atoms with Crippen molar-refractivity contribution in [3.8, 4) is 5.75 Å². The summed E-state index contributed by atoms with van der Waals surface area (Å²) in [6.07, 6.45) is 3.37. The van der Waals surface area contributed by atoms with E-state index in [-0.39, 0.29) is 23.6 Å². The van der Waals surface area contributed by atoms with E-state index in [4.69, 9.17) is 14.5 Å². The van der Waals surface area contributed by atoms with Gasteiger partial charge in [-0.1, -0.05) is 35.6 Å². The Bertz CT molecular complexity index is 1260. The van der Waals surface area contributed by atoms with E-state index in [2.05, 4.69) is 4.98 Å². The molecule has 2 heterocycles. The van der Waals surface area contributed by atoms with E-state index < -0.39 is 5.97 Å². The summed E-state index contributed by atoms with van der Waals surface area (Å²) in [6, 6.07) is 16.0. The predicted molar refractivity (Wildman–Crippen MR) is 123 cm³/mol. The van der Waals surface area contributed by atoms with E-state index >= 15 is 0 Å². The predicted octanol–water partition coefficient (Wildman–Crippen LogP) is 4.72. The lowest BCUT2D eigenvalue weighted by molar-refractivity contribution is 0.0597. The van der Waals surface area contributed by atoms with Gasteiger partial charge in [0.25, 0.3) is 5.91 Å².